The number of nitrogens with zero attached hydrogens (tertiary/aromatic N) is 1. The van der Waals surface area contributed by atoms with E-state index in [1.54, 1.807) is 7.11 Å². The number of nitrogens with one attached hydrogen (secondary N) is 1. The summed E-state index contributed by atoms with van der Waals surface area (Å²) in [6, 6.07) is 2.21. The molecular weight excluding hydrogens is 268 g/mol. The molecule has 1 N–H and O–H groups in total. The molecule has 0 atom stereocenters. The zero-order valence-electron chi connectivity index (χ0n) is 12.6. The highest BCUT2D eigenvalue weighted by Gasteiger charge is 2.09. The van der Waals surface area contributed by atoms with Gasteiger partial charge in [0.15, 0.2) is 0 Å². The predicted octanol–water partition coefficient (Wildman–Crippen LogP) is 3.62. The van der Waals surface area contributed by atoms with Crippen LogP contribution in [0.4, 0.5) is 0 Å². The van der Waals surface area contributed by atoms with Crippen LogP contribution in [0.25, 0.3) is 0 Å². The summed E-state index contributed by atoms with van der Waals surface area (Å²) in [7, 11) is 1.71. The molecule has 0 aliphatic carbocycles. The number of pyridine rings is 1. The van der Waals surface area contributed by atoms with Gasteiger partial charge in [-0.2, -0.15) is 0 Å². The number of methoxy groups -OCH3 is 1. The van der Waals surface area contributed by atoms with Gasteiger partial charge in [-0.15, -0.1) is 11.3 Å². The van der Waals surface area contributed by atoms with Gasteiger partial charge in [0.2, 0.25) is 0 Å². The summed E-state index contributed by atoms with van der Waals surface area (Å²) in [4.78, 5) is 5.93. The van der Waals surface area contributed by atoms with Crippen LogP contribution in [-0.2, 0) is 19.5 Å². The van der Waals surface area contributed by atoms with Crippen LogP contribution in [0.2, 0.25) is 0 Å². The standard InChI is InChI=1S/C16H22N2OS/c1-5-13-6-7-20-15(13)10-17-9-14-12(3)16(19-4)11(2)8-18-14/h6-8,17H,5,9-10H2,1-4H3. The first-order valence-corrected chi connectivity index (χ1v) is 7.80. The number of thiophene rings is 1. The molecule has 4 heteroatoms. The molecule has 0 unspecified atom stereocenters. The highest BCUT2D eigenvalue weighted by Crippen LogP contribution is 2.24. The molecule has 0 bridgehead atoms. The van der Waals surface area contributed by atoms with Crippen molar-refractivity contribution in [1.82, 2.24) is 10.3 Å². The van der Waals surface area contributed by atoms with Gasteiger partial charge in [-0.3, -0.25) is 4.98 Å². The SMILES string of the molecule is CCc1ccsc1CNCc1ncc(C)c(OC)c1C. The number of hydrogen-bond donors (Lipinski definition) is 1. The molecule has 2 rings (SSSR count). The first kappa shape index (κ1) is 15.0. The number of ether oxygens (including phenoxy) is 1. The Morgan fingerprint density at radius 3 is 2.80 bits per heavy atom. The lowest BCUT2D eigenvalue weighted by Gasteiger charge is -2.12. The second-order valence-electron chi connectivity index (χ2n) is 4.87. The van der Waals surface area contributed by atoms with E-state index in [1.165, 1.54) is 10.4 Å². The molecule has 2 aromatic rings. The smallest absolute Gasteiger partial charge is 0.128 e. The first-order valence-electron chi connectivity index (χ1n) is 6.92. The Bertz CT molecular complexity index is 578. The van der Waals surface area contributed by atoms with Crippen LogP contribution in [0.1, 0.15) is 34.2 Å². The summed E-state index contributed by atoms with van der Waals surface area (Å²) in [5.41, 5.74) is 4.71. The van der Waals surface area contributed by atoms with Crippen LogP contribution < -0.4 is 10.1 Å². The van der Waals surface area contributed by atoms with Gasteiger partial charge < -0.3 is 10.1 Å². The Morgan fingerprint density at radius 2 is 2.10 bits per heavy atom. The lowest BCUT2D eigenvalue weighted by Crippen LogP contribution is -2.15. The van der Waals surface area contributed by atoms with Crippen LogP contribution in [0.5, 0.6) is 5.75 Å². The van der Waals surface area contributed by atoms with Gasteiger partial charge in [-0.25, -0.2) is 0 Å². The summed E-state index contributed by atoms with van der Waals surface area (Å²) in [6.45, 7) is 7.96. The van der Waals surface area contributed by atoms with Crippen LogP contribution in [-0.4, -0.2) is 12.1 Å². The summed E-state index contributed by atoms with van der Waals surface area (Å²) in [5, 5.41) is 5.64. The van der Waals surface area contributed by atoms with E-state index in [0.717, 1.165) is 42.1 Å². The van der Waals surface area contributed by atoms with Crippen molar-refractivity contribution in [3.8, 4) is 5.75 Å². The van der Waals surface area contributed by atoms with E-state index in [2.05, 4.69) is 35.6 Å². The predicted molar refractivity (Wildman–Crippen MR) is 84.5 cm³/mol. The fraction of sp³-hybridized carbons (Fsp3) is 0.438. The summed E-state index contributed by atoms with van der Waals surface area (Å²) in [5.74, 6) is 0.946. The molecule has 0 spiro atoms. The maximum absolute atomic E-state index is 5.44. The van der Waals surface area contributed by atoms with Gasteiger partial charge >= 0.3 is 0 Å². The molecule has 0 aliphatic heterocycles. The van der Waals surface area contributed by atoms with Crippen LogP contribution in [0.3, 0.4) is 0 Å². The van der Waals surface area contributed by atoms with E-state index in [0.29, 0.717) is 0 Å². The average Bonchev–Trinajstić information content (AvgIpc) is 2.89. The van der Waals surface area contributed by atoms with E-state index in [4.69, 9.17) is 4.74 Å². The molecule has 0 radical (unpaired) electrons. The third-order valence-corrected chi connectivity index (χ3v) is 4.51. The molecule has 0 fully saturated rings. The normalized spacial score (nSPS) is 10.8. The van der Waals surface area contributed by atoms with Gasteiger partial charge in [0.25, 0.3) is 0 Å². The van der Waals surface area contributed by atoms with Crippen molar-refractivity contribution >= 4 is 11.3 Å². The largest absolute Gasteiger partial charge is 0.496 e. The lowest BCUT2D eigenvalue weighted by molar-refractivity contribution is 0.406. The minimum absolute atomic E-state index is 0.767. The van der Waals surface area contributed by atoms with E-state index >= 15 is 0 Å². The van der Waals surface area contributed by atoms with Crippen molar-refractivity contribution < 1.29 is 4.74 Å². The molecule has 20 heavy (non-hydrogen) atoms. The topological polar surface area (TPSA) is 34.2 Å². The van der Waals surface area contributed by atoms with Gasteiger partial charge in [0.1, 0.15) is 5.75 Å². The molecule has 2 aromatic heterocycles. The number of aryl methyl sites for hydroxylation is 2. The van der Waals surface area contributed by atoms with Gasteiger partial charge in [0.05, 0.1) is 12.8 Å². The number of aromatic nitrogens is 1. The Morgan fingerprint density at radius 1 is 1.30 bits per heavy atom. The zero-order valence-corrected chi connectivity index (χ0v) is 13.4. The molecule has 3 nitrogen and oxygen atoms in total. The molecule has 0 amide bonds. The second kappa shape index (κ2) is 6.86. The minimum Gasteiger partial charge on any atom is -0.496 e. The third-order valence-electron chi connectivity index (χ3n) is 3.55. The Kier molecular flexibility index (Phi) is 5.15. The fourth-order valence-corrected chi connectivity index (χ4v) is 3.33. The van der Waals surface area contributed by atoms with E-state index in [-0.39, 0.29) is 0 Å². The highest BCUT2D eigenvalue weighted by molar-refractivity contribution is 7.10. The number of hydrogen-bond acceptors (Lipinski definition) is 4. The van der Waals surface area contributed by atoms with Crippen molar-refractivity contribution in [3.05, 3.63) is 44.9 Å². The first-order chi connectivity index (χ1) is 9.67. The van der Waals surface area contributed by atoms with Crippen LogP contribution >= 0.6 is 11.3 Å². The molecule has 2 heterocycles. The summed E-state index contributed by atoms with van der Waals surface area (Å²) < 4.78 is 5.44. The minimum atomic E-state index is 0.767. The van der Waals surface area contributed by atoms with E-state index in [9.17, 15) is 0 Å². The third kappa shape index (κ3) is 3.19. The fourth-order valence-electron chi connectivity index (χ4n) is 2.38. The highest BCUT2D eigenvalue weighted by atomic mass is 32.1. The van der Waals surface area contributed by atoms with Crippen LogP contribution in [0.15, 0.2) is 17.6 Å². The van der Waals surface area contributed by atoms with Crippen LogP contribution in [0, 0.1) is 13.8 Å². The molecule has 0 saturated carbocycles. The molecule has 0 aromatic carbocycles. The monoisotopic (exact) mass is 290 g/mol. The lowest BCUT2D eigenvalue weighted by atomic mass is 10.1. The molecule has 0 aliphatic rings. The zero-order chi connectivity index (χ0) is 14.5. The Hall–Kier alpha value is -1.39. The quantitative estimate of drug-likeness (QED) is 0.882. The van der Waals surface area contributed by atoms with Crippen molar-refractivity contribution in [2.75, 3.05) is 7.11 Å². The maximum Gasteiger partial charge on any atom is 0.128 e. The second-order valence-corrected chi connectivity index (χ2v) is 5.87. The Balaban J connectivity index is 2.01. The van der Waals surface area contributed by atoms with Gasteiger partial charge in [-0.05, 0) is 37.3 Å². The maximum atomic E-state index is 5.44. The number of rotatable bonds is 6. The molecular formula is C16H22N2OS. The van der Waals surface area contributed by atoms with Crippen molar-refractivity contribution in [3.63, 3.8) is 0 Å². The average molecular weight is 290 g/mol. The molecule has 108 valence electrons. The van der Waals surface area contributed by atoms with Crippen molar-refractivity contribution in [2.45, 2.75) is 40.3 Å². The summed E-state index contributed by atoms with van der Waals surface area (Å²) in [6.07, 6.45) is 2.97. The Labute approximate surface area is 125 Å². The van der Waals surface area contributed by atoms with Gasteiger partial charge in [0, 0.05) is 35.3 Å². The molecule has 0 saturated heterocycles. The summed E-state index contributed by atoms with van der Waals surface area (Å²) >= 11 is 1.82. The van der Waals surface area contributed by atoms with E-state index in [1.807, 2.05) is 24.5 Å². The van der Waals surface area contributed by atoms with Gasteiger partial charge in [-0.1, -0.05) is 6.92 Å². The van der Waals surface area contributed by atoms with Crippen molar-refractivity contribution in [2.24, 2.45) is 0 Å². The van der Waals surface area contributed by atoms with Crippen molar-refractivity contribution in [1.29, 1.82) is 0 Å². The van der Waals surface area contributed by atoms with E-state index < -0.39 is 0 Å².